The molecule has 0 unspecified atom stereocenters. The SMILES string of the molecule is N[C@H]1CCCN(Cc2c(F)cccc2Cl)C1. The Hall–Kier alpha value is -0.640. The molecule has 4 heteroatoms. The lowest BCUT2D eigenvalue weighted by atomic mass is 10.1. The Morgan fingerprint density at radius 2 is 2.31 bits per heavy atom. The number of rotatable bonds is 2. The minimum absolute atomic E-state index is 0.208. The molecule has 1 aliphatic rings. The Bertz CT molecular complexity index is 350. The molecule has 2 rings (SSSR count). The predicted molar refractivity (Wildman–Crippen MR) is 63.9 cm³/mol. The zero-order chi connectivity index (χ0) is 11.5. The lowest BCUT2D eigenvalue weighted by Crippen LogP contribution is -2.42. The van der Waals surface area contributed by atoms with Crippen molar-refractivity contribution in [2.24, 2.45) is 5.73 Å². The number of nitrogens with zero attached hydrogens (tertiary/aromatic N) is 1. The van der Waals surface area contributed by atoms with E-state index in [1.165, 1.54) is 6.07 Å². The van der Waals surface area contributed by atoms with Crippen LogP contribution in [0.5, 0.6) is 0 Å². The highest BCUT2D eigenvalue weighted by atomic mass is 35.5. The Morgan fingerprint density at radius 3 is 3.00 bits per heavy atom. The highest BCUT2D eigenvalue weighted by Crippen LogP contribution is 2.22. The van der Waals surface area contributed by atoms with Gasteiger partial charge in [0.2, 0.25) is 0 Å². The second kappa shape index (κ2) is 5.13. The maximum atomic E-state index is 13.6. The molecular weight excluding hydrogens is 227 g/mol. The minimum Gasteiger partial charge on any atom is -0.327 e. The number of piperidine rings is 1. The molecule has 0 bridgehead atoms. The van der Waals surface area contributed by atoms with Crippen LogP contribution in [0.25, 0.3) is 0 Å². The van der Waals surface area contributed by atoms with Crippen LogP contribution in [0.3, 0.4) is 0 Å². The fourth-order valence-corrected chi connectivity index (χ4v) is 2.36. The zero-order valence-corrected chi connectivity index (χ0v) is 9.88. The van der Waals surface area contributed by atoms with Crippen molar-refractivity contribution in [3.63, 3.8) is 0 Å². The standard InChI is InChI=1S/C12H16ClFN2/c13-11-4-1-5-12(14)10(11)8-16-6-2-3-9(15)7-16/h1,4-5,9H,2-3,6-8,15H2/t9-/m0/s1. The third-order valence-electron chi connectivity index (χ3n) is 2.99. The fourth-order valence-electron chi connectivity index (χ4n) is 2.14. The third-order valence-corrected chi connectivity index (χ3v) is 3.34. The molecule has 1 saturated heterocycles. The first-order valence-electron chi connectivity index (χ1n) is 5.57. The van der Waals surface area contributed by atoms with E-state index in [0.717, 1.165) is 25.9 Å². The van der Waals surface area contributed by atoms with Gasteiger partial charge in [-0.2, -0.15) is 0 Å². The number of benzene rings is 1. The summed E-state index contributed by atoms with van der Waals surface area (Å²) in [5.41, 5.74) is 6.47. The molecular formula is C12H16ClFN2. The van der Waals surface area contributed by atoms with Gasteiger partial charge in [0.05, 0.1) is 0 Å². The van der Waals surface area contributed by atoms with Crippen LogP contribution in [-0.4, -0.2) is 24.0 Å². The second-order valence-corrected chi connectivity index (χ2v) is 4.74. The van der Waals surface area contributed by atoms with Crippen LogP contribution in [0.4, 0.5) is 4.39 Å². The van der Waals surface area contributed by atoms with Gasteiger partial charge in [0.25, 0.3) is 0 Å². The minimum atomic E-state index is -0.230. The maximum Gasteiger partial charge on any atom is 0.129 e. The molecule has 0 aliphatic carbocycles. The summed E-state index contributed by atoms with van der Waals surface area (Å²) in [5.74, 6) is -0.230. The molecule has 0 spiro atoms. The summed E-state index contributed by atoms with van der Waals surface area (Å²) in [6, 6.07) is 5.01. The van der Waals surface area contributed by atoms with Gasteiger partial charge in [-0.3, -0.25) is 4.90 Å². The molecule has 1 aromatic rings. The number of nitrogens with two attached hydrogens (primary N) is 1. The topological polar surface area (TPSA) is 29.3 Å². The summed E-state index contributed by atoms with van der Waals surface area (Å²) in [4.78, 5) is 2.17. The van der Waals surface area contributed by atoms with E-state index < -0.39 is 0 Å². The van der Waals surface area contributed by atoms with E-state index in [9.17, 15) is 4.39 Å². The number of likely N-dealkylation sites (tertiary alicyclic amines) is 1. The smallest absolute Gasteiger partial charge is 0.129 e. The van der Waals surface area contributed by atoms with Crippen LogP contribution < -0.4 is 5.73 Å². The average Bonchev–Trinajstić information content (AvgIpc) is 2.24. The summed E-state index contributed by atoms with van der Waals surface area (Å²) in [6.45, 7) is 2.35. The van der Waals surface area contributed by atoms with Crippen molar-refractivity contribution in [2.75, 3.05) is 13.1 Å². The largest absolute Gasteiger partial charge is 0.327 e. The van der Waals surface area contributed by atoms with Crippen LogP contribution in [-0.2, 0) is 6.54 Å². The Labute approximate surface area is 100 Å². The van der Waals surface area contributed by atoms with Crippen LogP contribution in [0.2, 0.25) is 5.02 Å². The van der Waals surface area contributed by atoms with E-state index >= 15 is 0 Å². The van der Waals surface area contributed by atoms with Crippen molar-refractivity contribution in [1.29, 1.82) is 0 Å². The molecule has 1 aromatic carbocycles. The van der Waals surface area contributed by atoms with E-state index in [1.54, 1.807) is 12.1 Å². The summed E-state index contributed by atoms with van der Waals surface area (Å²) in [6.07, 6.45) is 2.13. The van der Waals surface area contributed by atoms with Crippen LogP contribution in [0.15, 0.2) is 18.2 Å². The van der Waals surface area contributed by atoms with Crippen molar-refractivity contribution in [3.05, 3.63) is 34.6 Å². The summed E-state index contributed by atoms with van der Waals surface area (Å²) in [5, 5.41) is 0.499. The van der Waals surface area contributed by atoms with Gasteiger partial charge in [-0.15, -0.1) is 0 Å². The van der Waals surface area contributed by atoms with Gasteiger partial charge < -0.3 is 5.73 Å². The van der Waals surface area contributed by atoms with Gasteiger partial charge >= 0.3 is 0 Å². The zero-order valence-electron chi connectivity index (χ0n) is 9.13. The second-order valence-electron chi connectivity index (χ2n) is 4.34. The lowest BCUT2D eigenvalue weighted by molar-refractivity contribution is 0.199. The fraction of sp³-hybridized carbons (Fsp3) is 0.500. The van der Waals surface area contributed by atoms with Gasteiger partial charge in [0.1, 0.15) is 5.82 Å². The van der Waals surface area contributed by atoms with Gasteiger partial charge in [-0.25, -0.2) is 4.39 Å². The van der Waals surface area contributed by atoms with Crippen molar-refractivity contribution in [2.45, 2.75) is 25.4 Å². The van der Waals surface area contributed by atoms with E-state index in [4.69, 9.17) is 17.3 Å². The molecule has 1 aliphatic heterocycles. The first-order chi connectivity index (χ1) is 7.66. The molecule has 0 radical (unpaired) electrons. The average molecular weight is 243 g/mol. The van der Waals surface area contributed by atoms with Crippen LogP contribution in [0, 0.1) is 5.82 Å². The van der Waals surface area contributed by atoms with Gasteiger partial charge in [0.15, 0.2) is 0 Å². The van der Waals surface area contributed by atoms with Crippen molar-refractivity contribution >= 4 is 11.6 Å². The van der Waals surface area contributed by atoms with Crippen molar-refractivity contribution < 1.29 is 4.39 Å². The first kappa shape index (κ1) is 11.8. The van der Waals surface area contributed by atoms with E-state index in [1.807, 2.05) is 0 Å². The lowest BCUT2D eigenvalue weighted by Gasteiger charge is -2.30. The summed E-state index contributed by atoms with van der Waals surface area (Å²) >= 11 is 5.99. The number of hydrogen-bond donors (Lipinski definition) is 1. The molecule has 0 saturated carbocycles. The van der Waals surface area contributed by atoms with Crippen LogP contribution >= 0.6 is 11.6 Å². The van der Waals surface area contributed by atoms with Gasteiger partial charge in [-0.1, -0.05) is 17.7 Å². The van der Waals surface area contributed by atoms with E-state index in [0.29, 0.717) is 17.1 Å². The van der Waals surface area contributed by atoms with Crippen molar-refractivity contribution in [1.82, 2.24) is 4.90 Å². The van der Waals surface area contributed by atoms with E-state index in [2.05, 4.69) is 4.90 Å². The highest BCUT2D eigenvalue weighted by Gasteiger charge is 2.18. The predicted octanol–water partition coefficient (Wildman–Crippen LogP) is 2.40. The summed E-state index contributed by atoms with van der Waals surface area (Å²) < 4.78 is 13.6. The normalized spacial score (nSPS) is 22.3. The molecule has 1 fully saturated rings. The first-order valence-corrected chi connectivity index (χ1v) is 5.95. The van der Waals surface area contributed by atoms with E-state index in [-0.39, 0.29) is 11.9 Å². The monoisotopic (exact) mass is 242 g/mol. The number of halogens is 2. The molecule has 88 valence electrons. The maximum absolute atomic E-state index is 13.6. The summed E-state index contributed by atoms with van der Waals surface area (Å²) in [7, 11) is 0. The molecule has 1 heterocycles. The van der Waals surface area contributed by atoms with Gasteiger partial charge in [0, 0.05) is 29.7 Å². The van der Waals surface area contributed by atoms with Crippen molar-refractivity contribution in [3.8, 4) is 0 Å². The number of hydrogen-bond acceptors (Lipinski definition) is 2. The molecule has 1 atom stereocenters. The third kappa shape index (κ3) is 2.73. The highest BCUT2D eigenvalue weighted by molar-refractivity contribution is 6.31. The quantitative estimate of drug-likeness (QED) is 0.863. The Morgan fingerprint density at radius 1 is 1.50 bits per heavy atom. The molecule has 2 N–H and O–H groups in total. The Kier molecular flexibility index (Phi) is 3.79. The molecule has 2 nitrogen and oxygen atoms in total. The van der Waals surface area contributed by atoms with Gasteiger partial charge in [-0.05, 0) is 31.5 Å². The molecule has 0 amide bonds. The Balaban J connectivity index is 2.08. The van der Waals surface area contributed by atoms with Crippen LogP contribution in [0.1, 0.15) is 18.4 Å². The molecule has 16 heavy (non-hydrogen) atoms. The molecule has 0 aromatic heterocycles.